The maximum absolute atomic E-state index is 4.99. The van der Waals surface area contributed by atoms with E-state index in [1.54, 1.807) is 7.11 Å². The zero-order chi connectivity index (χ0) is 7.40. The van der Waals surface area contributed by atoms with Gasteiger partial charge >= 0.3 is 0 Å². The third-order valence-electron chi connectivity index (χ3n) is 1.38. The van der Waals surface area contributed by atoms with Crippen LogP contribution in [0.3, 0.4) is 0 Å². The van der Waals surface area contributed by atoms with Crippen LogP contribution in [0.1, 0.15) is 7.43 Å². The van der Waals surface area contributed by atoms with Crippen molar-refractivity contribution < 1.29 is 4.74 Å². The monoisotopic (exact) mass is 153 g/mol. The summed E-state index contributed by atoms with van der Waals surface area (Å²) in [5, 5.41) is 3.02. The Labute approximate surface area is 68.2 Å². The van der Waals surface area contributed by atoms with Gasteiger partial charge in [0.2, 0.25) is 0 Å². The number of methoxy groups -OCH3 is 1. The van der Waals surface area contributed by atoms with Crippen molar-refractivity contribution in [2.75, 3.05) is 19.5 Å². The first-order chi connectivity index (χ1) is 4.86. The van der Waals surface area contributed by atoms with Crippen LogP contribution in [-0.2, 0) is 0 Å². The van der Waals surface area contributed by atoms with Crippen LogP contribution >= 0.6 is 0 Å². The molecule has 0 saturated heterocycles. The molecule has 11 heavy (non-hydrogen) atoms. The van der Waals surface area contributed by atoms with Gasteiger partial charge in [0, 0.05) is 12.7 Å². The van der Waals surface area contributed by atoms with Crippen LogP contribution in [0.25, 0.3) is 0 Å². The topological polar surface area (TPSA) is 21.3 Å². The third kappa shape index (κ3) is 2.50. The van der Waals surface area contributed by atoms with Gasteiger partial charge in [-0.2, -0.15) is 0 Å². The summed E-state index contributed by atoms with van der Waals surface area (Å²) in [5.41, 5.74) is 1.10. The van der Waals surface area contributed by atoms with Gasteiger partial charge in [-0.1, -0.05) is 7.43 Å². The minimum absolute atomic E-state index is 0. The van der Waals surface area contributed by atoms with Crippen molar-refractivity contribution in [2.45, 2.75) is 7.43 Å². The summed E-state index contributed by atoms with van der Waals surface area (Å²) in [6.07, 6.45) is 0. The number of nitrogens with one attached hydrogen (secondary N) is 1. The Morgan fingerprint density at radius 1 is 1.18 bits per heavy atom. The highest BCUT2D eigenvalue weighted by atomic mass is 16.5. The predicted octanol–water partition coefficient (Wildman–Crippen LogP) is 2.37. The number of hydrogen-bond donors (Lipinski definition) is 1. The summed E-state index contributed by atoms with van der Waals surface area (Å²) in [7, 11) is 3.55. The van der Waals surface area contributed by atoms with Crippen LogP contribution in [-0.4, -0.2) is 14.2 Å². The molecule has 2 nitrogen and oxygen atoms in total. The van der Waals surface area contributed by atoms with E-state index in [4.69, 9.17) is 4.74 Å². The lowest BCUT2D eigenvalue weighted by Gasteiger charge is -2.00. The standard InChI is InChI=1S/C8H11NO.CH4/c1-9-7-3-5-8(10-2)6-4-7;/h3-6,9H,1-2H3;1H4. The van der Waals surface area contributed by atoms with Crippen molar-refractivity contribution in [3.63, 3.8) is 0 Å². The molecule has 0 saturated carbocycles. The van der Waals surface area contributed by atoms with E-state index in [2.05, 4.69) is 5.32 Å². The Kier molecular flexibility index (Phi) is 4.11. The molecule has 0 aromatic heterocycles. The van der Waals surface area contributed by atoms with E-state index < -0.39 is 0 Å². The molecule has 0 atom stereocenters. The molecule has 0 amide bonds. The summed E-state index contributed by atoms with van der Waals surface area (Å²) in [6.45, 7) is 0. The van der Waals surface area contributed by atoms with Gasteiger partial charge in [-0.25, -0.2) is 0 Å². The molecule has 0 spiro atoms. The molecule has 62 valence electrons. The Balaban J connectivity index is 0.000001000. The zero-order valence-corrected chi connectivity index (χ0v) is 6.22. The number of benzene rings is 1. The van der Waals surface area contributed by atoms with Gasteiger partial charge in [-0.3, -0.25) is 0 Å². The SMILES string of the molecule is C.CNc1ccc(OC)cc1. The van der Waals surface area contributed by atoms with E-state index in [-0.39, 0.29) is 7.43 Å². The molecule has 0 bridgehead atoms. The lowest BCUT2D eigenvalue weighted by molar-refractivity contribution is 0.415. The fourth-order valence-electron chi connectivity index (χ4n) is 0.758. The third-order valence-corrected chi connectivity index (χ3v) is 1.38. The second-order valence-electron chi connectivity index (χ2n) is 1.98. The summed E-state index contributed by atoms with van der Waals surface area (Å²) in [6, 6.07) is 7.79. The van der Waals surface area contributed by atoms with Gasteiger partial charge in [-0.05, 0) is 24.3 Å². The highest BCUT2D eigenvalue weighted by molar-refractivity contribution is 5.45. The number of anilines is 1. The van der Waals surface area contributed by atoms with Gasteiger partial charge in [0.25, 0.3) is 0 Å². The van der Waals surface area contributed by atoms with E-state index in [1.165, 1.54) is 0 Å². The number of rotatable bonds is 2. The predicted molar refractivity (Wildman–Crippen MR) is 49.3 cm³/mol. The molecule has 0 aliphatic carbocycles. The van der Waals surface area contributed by atoms with Crippen molar-refractivity contribution in [3.8, 4) is 5.75 Å². The van der Waals surface area contributed by atoms with Crippen molar-refractivity contribution in [3.05, 3.63) is 24.3 Å². The normalized spacial score (nSPS) is 8.18. The molecule has 1 aromatic rings. The summed E-state index contributed by atoms with van der Waals surface area (Å²) in [5.74, 6) is 0.888. The number of hydrogen-bond acceptors (Lipinski definition) is 2. The molecule has 1 N–H and O–H groups in total. The molecular weight excluding hydrogens is 138 g/mol. The Hall–Kier alpha value is -1.18. The van der Waals surface area contributed by atoms with Gasteiger partial charge in [-0.15, -0.1) is 0 Å². The fourth-order valence-corrected chi connectivity index (χ4v) is 0.758. The van der Waals surface area contributed by atoms with Crippen LogP contribution in [0, 0.1) is 0 Å². The molecular formula is C9H15NO. The molecule has 1 aromatic carbocycles. The average molecular weight is 153 g/mol. The van der Waals surface area contributed by atoms with Gasteiger partial charge in [0.1, 0.15) is 5.75 Å². The molecule has 0 heterocycles. The average Bonchev–Trinajstić information content (AvgIpc) is 2.05. The molecule has 2 heteroatoms. The summed E-state index contributed by atoms with van der Waals surface area (Å²) >= 11 is 0. The number of ether oxygens (including phenoxy) is 1. The van der Waals surface area contributed by atoms with Crippen LogP contribution in [0.15, 0.2) is 24.3 Å². The fraction of sp³-hybridized carbons (Fsp3) is 0.333. The maximum Gasteiger partial charge on any atom is 0.119 e. The molecule has 1 rings (SSSR count). The quantitative estimate of drug-likeness (QED) is 0.704. The van der Waals surface area contributed by atoms with E-state index >= 15 is 0 Å². The Bertz CT molecular complexity index is 170. The highest BCUT2D eigenvalue weighted by Gasteiger charge is 1.88. The second kappa shape index (κ2) is 4.61. The summed E-state index contributed by atoms with van der Waals surface area (Å²) < 4.78 is 4.99. The lowest BCUT2D eigenvalue weighted by Crippen LogP contribution is -1.87. The largest absolute Gasteiger partial charge is 0.497 e. The van der Waals surface area contributed by atoms with E-state index in [9.17, 15) is 0 Å². The van der Waals surface area contributed by atoms with Gasteiger partial charge < -0.3 is 10.1 Å². The van der Waals surface area contributed by atoms with Crippen molar-refractivity contribution in [1.82, 2.24) is 0 Å². The van der Waals surface area contributed by atoms with E-state index in [0.717, 1.165) is 11.4 Å². The first kappa shape index (κ1) is 9.82. The van der Waals surface area contributed by atoms with Crippen LogP contribution in [0.5, 0.6) is 5.75 Å². The van der Waals surface area contributed by atoms with E-state index in [0.29, 0.717) is 0 Å². The minimum atomic E-state index is 0. The van der Waals surface area contributed by atoms with Gasteiger partial charge in [0.05, 0.1) is 7.11 Å². The van der Waals surface area contributed by atoms with Crippen molar-refractivity contribution in [1.29, 1.82) is 0 Å². The van der Waals surface area contributed by atoms with Gasteiger partial charge in [0.15, 0.2) is 0 Å². The van der Waals surface area contributed by atoms with Crippen molar-refractivity contribution >= 4 is 5.69 Å². The maximum atomic E-state index is 4.99. The lowest BCUT2D eigenvalue weighted by atomic mass is 10.3. The highest BCUT2D eigenvalue weighted by Crippen LogP contribution is 2.13. The molecule has 0 aliphatic rings. The second-order valence-corrected chi connectivity index (χ2v) is 1.98. The molecule has 0 radical (unpaired) electrons. The Morgan fingerprint density at radius 2 is 1.73 bits per heavy atom. The van der Waals surface area contributed by atoms with Crippen LogP contribution in [0.4, 0.5) is 5.69 Å². The van der Waals surface area contributed by atoms with Crippen LogP contribution in [0.2, 0.25) is 0 Å². The molecule has 0 unspecified atom stereocenters. The molecule has 0 fully saturated rings. The molecule has 0 aliphatic heterocycles. The van der Waals surface area contributed by atoms with Crippen LogP contribution < -0.4 is 10.1 Å². The smallest absolute Gasteiger partial charge is 0.119 e. The zero-order valence-electron chi connectivity index (χ0n) is 6.22. The van der Waals surface area contributed by atoms with Crippen molar-refractivity contribution in [2.24, 2.45) is 0 Å². The first-order valence-electron chi connectivity index (χ1n) is 3.18. The first-order valence-corrected chi connectivity index (χ1v) is 3.18. The minimum Gasteiger partial charge on any atom is -0.497 e. The summed E-state index contributed by atoms with van der Waals surface area (Å²) in [4.78, 5) is 0. The Morgan fingerprint density at radius 3 is 2.09 bits per heavy atom. The van der Waals surface area contributed by atoms with E-state index in [1.807, 2.05) is 31.3 Å².